The summed E-state index contributed by atoms with van der Waals surface area (Å²) in [6.45, 7) is 8.88. The zero-order chi connectivity index (χ0) is 42.7. The first-order valence-corrected chi connectivity index (χ1v) is 20.8. The number of nitrogens with zero attached hydrogens (tertiary/aromatic N) is 2. The highest BCUT2D eigenvalue weighted by molar-refractivity contribution is 5.86. The predicted octanol–water partition coefficient (Wildman–Crippen LogP) is 11.0. The number of methoxy groups -OCH3 is 1. The van der Waals surface area contributed by atoms with Crippen LogP contribution in [-0.2, 0) is 23.7 Å². The molecule has 62 heavy (non-hydrogen) atoms. The Morgan fingerprint density at radius 2 is 0.839 bits per heavy atom. The maximum absolute atomic E-state index is 6.37. The van der Waals surface area contributed by atoms with Crippen LogP contribution in [0.15, 0.2) is 140 Å². The third kappa shape index (κ3) is 8.27. The van der Waals surface area contributed by atoms with Gasteiger partial charge in [0.05, 0.1) is 51.6 Å². The molecule has 2 N–H and O–H groups in total. The van der Waals surface area contributed by atoms with Gasteiger partial charge < -0.3 is 14.7 Å². The number of rotatable bonds is 1. The Balaban J connectivity index is 1.42. The Morgan fingerprint density at radius 1 is 0.452 bits per heavy atom. The second kappa shape index (κ2) is 16.6. The van der Waals surface area contributed by atoms with Crippen LogP contribution in [0.3, 0.4) is 0 Å². The molecule has 0 saturated heterocycles. The van der Waals surface area contributed by atoms with Crippen molar-refractivity contribution < 1.29 is 4.74 Å². The normalized spacial score (nSPS) is 13.2. The number of fused-ring (bicyclic) bond motifs is 8. The summed E-state index contributed by atoms with van der Waals surface area (Å²) in [5.74, 6) is 28.4. The van der Waals surface area contributed by atoms with Crippen LogP contribution < -0.4 is 4.74 Å². The number of nitrogens with one attached hydrogen (secondary N) is 2. The summed E-state index contributed by atoms with van der Waals surface area (Å²) in [5, 5.41) is 0. The standard InChI is InChI=1S/C57H44N4O/c1-56(2)37-43-34-48-44(30-26-39-18-10-6-11-19-39)45(31-27-40-20-12-7-13-21-40)49(59-48)35-53-57(3,4)38-51(60-53)55(62-5)54-47(33-29-42-24-16-9-17-25-42)46(50(61-54)36-52(56)58-43)32-28-41-22-14-8-15-23-41/h6-25,34-36,59,61H,37-38H2,1-5H3. The topological polar surface area (TPSA) is 66.6 Å². The fourth-order valence-corrected chi connectivity index (χ4v) is 7.90. The average Bonchev–Trinajstić information content (AvgIpc) is 3.97. The highest BCUT2D eigenvalue weighted by Gasteiger charge is 2.33. The molecule has 5 heteroatoms. The van der Waals surface area contributed by atoms with Crippen molar-refractivity contribution >= 4 is 22.1 Å². The second-order valence-corrected chi connectivity index (χ2v) is 16.8. The first kappa shape index (κ1) is 39.5. The summed E-state index contributed by atoms with van der Waals surface area (Å²) < 4.78 is 6.37. The van der Waals surface area contributed by atoms with Crippen molar-refractivity contribution in [3.63, 3.8) is 0 Å². The van der Waals surface area contributed by atoms with Crippen LogP contribution in [-0.4, -0.2) is 27.0 Å². The number of aromatic nitrogens is 4. The first-order valence-electron chi connectivity index (χ1n) is 20.8. The lowest BCUT2D eigenvalue weighted by molar-refractivity contribution is 0.409. The number of aromatic amines is 2. The summed E-state index contributed by atoms with van der Waals surface area (Å²) in [7, 11) is 1.70. The molecule has 3 aromatic heterocycles. The van der Waals surface area contributed by atoms with Gasteiger partial charge in [-0.05, 0) is 66.7 Å². The van der Waals surface area contributed by atoms with Crippen molar-refractivity contribution in [3.05, 3.63) is 207 Å². The van der Waals surface area contributed by atoms with E-state index in [1.165, 1.54) is 0 Å². The van der Waals surface area contributed by atoms with Gasteiger partial charge >= 0.3 is 0 Å². The van der Waals surface area contributed by atoms with Gasteiger partial charge in [0, 0.05) is 63.0 Å². The zero-order valence-corrected chi connectivity index (χ0v) is 35.5. The van der Waals surface area contributed by atoms with Crippen molar-refractivity contribution in [2.75, 3.05) is 7.11 Å². The Kier molecular flexibility index (Phi) is 10.6. The Morgan fingerprint density at radius 3 is 1.31 bits per heavy atom. The molecule has 2 aliphatic heterocycles. The van der Waals surface area contributed by atoms with E-state index in [1.807, 2.05) is 121 Å². The van der Waals surface area contributed by atoms with Gasteiger partial charge in [-0.1, -0.05) is 148 Å². The van der Waals surface area contributed by atoms with Crippen LogP contribution in [0.25, 0.3) is 22.1 Å². The Labute approximate surface area is 363 Å². The average molecular weight is 801 g/mol. The molecule has 5 heterocycles. The molecule has 9 rings (SSSR count). The first-order chi connectivity index (χ1) is 30.1. The van der Waals surface area contributed by atoms with Crippen LogP contribution in [0.5, 0.6) is 5.75 Å². The molecule has 0 unspecified atom stereocenters. The minimum absolute atomic E-state index is 0.310. The van der Waals surface area contributed by atoms with E-state index < -0.39 is 0 Å². The number of hydrogen-bond donors (Lipinski definition) is 2. The molecule has 0 atom stereocenters. The van der Waals surface area contributed by atoms with E-state index in [-0.39, 0.29) is 10.8 Å². The summed E-state index contributed by atoms with van der Waals surface area (Å²) in [4.78, 5) is 18.2. The largest absolute Gasteiger partial charge is 0.493 e. The van der Waals surface area contributed by atoms with Crippen molar-refractivity contribution in [3.8, 4) is 53.1 Å². The molecule has 0 aliphatic carbocycles. The molecule has 8 bridgehead atoms. The molecule has 0 spiro atoms. The van der Waals surface area contributed by atoms with Gasteiger partial charge in [-0.15, -0.1) is 0 Å². The van der Waals surface area contributed by atoms with Gasteiger partial charge in [0.2, 0.25) is 0 Å². The molecule has 5 nitrogen and oxygen atoms in total. The third-order valence-corrected chi connectivity index (χ3v) is 11.2. The van der Waals surface area contributed by atoms with Crippen LogP contribution in [0.1, 0.15) is 95.0 Å². The van der Waals surface area contributed by atoms with E-state index in [2.05, 4.69) is 103 Å². The van der Waals surface area contributed by atoms with Gasteiger partial charge in [0.15, 0.2) is 5.75 Å². The Bertz CT molecular complexity index is 3270. The molecular formula is C57H44N4O. The van der Waals surface area contributed by atoms with Gasteiger partial charge in [0.25, 0.3) is 0 Å². The van der Waals surface area contributed by atoms with Crippen molar-refractivity contribution in [1.82, 2.24) is 19.9 Å². The van der Waals surface area contributed by atoms with Crippen molar-refractivity contribution in [2.45, 2.75) is 51.4 Å². The number of H-pyrrole nitrogens is 2. The van der Waals surface area contributed by atoms with Crippen LogP contribution in [0, 0.1) is 47.4 Å². The lowest BCUT2D eigenvalue weighted by Gasteiger charge is -2.16. The predicted molar refractivity (Wildman–Crippen MR) is 251 cm³/mol. The summed E-state index contributed by atoms with van der Waals surface area (Å²) in [6, 6.07) is 46.5. The molecule has 0 saturated carbocycles. The fraction of sp³-hybridized carbons (Fsp3) is 0.158. The highest BCUT2D eigenvalue weighted by atomic mass is 16.5. The number of ether oxygens (including phenoxy) is 1. The van der Waals surface area contributed by atoms with E-state index in [0.717, 1.165) is 89.4 Å². The van der Waals surface area contributed by atoms with E-state index in [1.54, 1.807) is 7.11 Å². The molecule has 4 aromatic carbocycles. The molecule has 0 fully saturated rings. The van der Waals surface area contributed by atoms with E-state index in [4.69, 9.17) is 14.7 Å². The lowest BCUT2D eigenvalue weighted by atomic mass is 9.86. The Hall–Kier alpha value is -7.96. The molecule has 7 aromatic rings. The second-order valence-electron chi connectivity index (χ2n) is 16.8. The minimum atomic E-state index is -0.363. The van der Waals surface area contributed by atoms with E-state index in [0.29, 0.717) is 18.6 Å². The van der Waals surface area contributed by atoms with E-state index in [9.17, 15) is 0 Å². The maximum atomic E-state index is 6.37. The van der Waals surface area contributed by atoms with Crippen LogP contribution >= 0.6 is 0 Å². The quantitative estimate of drug-likeness (QED) is 0.163. The smallest absolute Gasteiger partial charge is 0.165 e. The molecule has 0 amide bonds. The summed E-state index contributed by atoms with van der Waals surface area (Å²) in [5.41, 5.74) is 12.8. The van der Waals surface area contributed by atoms with Gasteiger partial charge in [-0.2, -0.15) is 0 Å². The number of hydrogen-bond acceptors (Lipinski definition) is 3. The zero-order valence-electron chi connectivity index (χ0n) is 35.5. The van der Waals surface area contributed by atoms with Crippen molar-refractivity contribution in [2.24, 2.45) is 0 Å². The summed E-state index contributed by atoms with van der Waals surface area (Å²) >= 11 is 0. The number of benzene rings is 4. The van der Waals surface area contributed by atoms with Gasteiger partial charge in [0.1, 0.15) is 5.52 Å². The molecular weight excluding hydrogens is 757 g/mol. The highest BCUT2D eigenvalue weighted by Crippen LogP contribution is 2.39. The van der Waals surface area contributed by atoms with Crippen LogP contribution in [0.2, 0.25) is 0 Å². The van der Waals surface area contributed by atoms with E-state index >= 15 is 0 Å². The lowest BCUT2D eigenvalue weighted by Crippen LogP contribution is -2.15. The molecule has 0 radical (unpaired) electrons. The maximum Gasteiger partial charge on any atom is 0.165 e. The minimum Gasteiger partial charge on any atom is -0.493 e. The van der Waals surface area contributed by atoms with Gasteiger partial charge in [-0.3, -0.25) is 9.97 Å². The van der Waals surface area contributed by atoms with Crippen LogP contribution in [0.4, 0.5) is 0 Å². The third-order valence-electron chi connectivity index (χ3n) is 11.2. The molecule has 2 aliphatic rings. The van der Waals surface area contributed by atoms with Gasteiger partial charge in [-0.25, -0.2) is 0 Å². The monoisotopic (exact) mass is 800 g/mol. The molecule has 298 valence electrons. The van der Waals surface area contributed by atoms with Crippen molar-refractivity contribution in [1.29, 1.82) is 0 Å². The fourth-order valence-electron chi connectivity index (χ4n) is 7.90. The summed E-state index contributed by atoms with van der Waals surface area (Å²) in [6.07, 6.45) is 1.33. The SMILES string of the molecule is COc1c2nc(cc3[nH]c(cc4nc(cc5[nH]c1c(C#Cc1ccccc1)c5C#Cc1ccccc1)C(C)(C)C4)c(C#Cc1ccccc1)c3C#Cc1ccccc1)C(C)(C)C2.